The number of benzene rings is 3. The second-order valence-corrected chi connectivity index (χ2v) is 18.5. The molecule has 1 aliphatic heterocycles. The normalized spacial score (nSPS) is 11.5. The number of aryl methyl sites for hydroxylation is 9. The SMILES string of the molecule is C1CCOC1.CCc1nc2c(C)ncc(C)n2n1.Cc1ncc(C)n2nc(C=Cc3cnc(-c4ccccc4)[nH]3)nc12.Cc1ncc(C)n2nc(CCc3cnc(-c4ccccc4)[nH]3)nc12.O=Cc1cnc(-c2ccccc2)[nH]1.[2H]CF.[2H][B].[Cl-].[U]. The standard InChI is InChI=1S/C18H18N6.C18H16N6.C10H8N2O.C9H12N4.C4H8O.CH3F.BH.ClH.U/c2*1-12-10-19-13(2)18-22-16(23-24(12)18)9-8-15-11-20-17(21-15)14-6-4-3-5-7-14;13-7-9-6-11-10(12-9)8-4-2-1-3-5-8;1-4-8-11-9-7(3)10-5-6(2)13(9)12-8;1-2-4-5-3-1;1-2;;;/h3-7,10-11H,8-9H2,1-2H3,(H,20,21);3-11H,1-2H3,(H,20,21);1-7H,(H,11,12);5H,4H2,1-3H3;1-4H2;1H3;2*1H;/p-1/i;;;;;2*1D;;. The fourth-order valence-electron chi connectivity index (χ4n) is 8.16. The molecule has 0 spiro atoms. The Kier molecular flexibility index (Phi) is 24.9. The van der Waals surface area contributed by atoms with Crippen LogP contribution in [0.15, 0.2) is 128 Å². The zero-order chi connectivity index (χ0) is 59.8. The van der Waals surface area contributed by atoms with Crippen molar-refractivity contribution in [1.82, 2.24) is 88.6 Å². The van der Waals surface area contributed by atoms with Gasteiger partial charge in [-0.1, -0.05) is 97.9 Å². The number of fused-ring (bicyclic) bond motifs is 3. The molecule has 3 N–H and O–H groups in total. The van der Waals surface area contributed by atoms with Gasteiger partial charge in [-0.15, -0.1) is 5.10 Å². The Hall–Kier alpha value is -8.35. The van der Waals surface area contributed by atoms with Crippen molar-refractivity contribution in [3.05, 3.63) is 197 Å². The molecular formula is C60H66BClFN18O2U-. The van der Waals surface area contributed by atoms with Crippen molar-refractivity contribution in [2.75, 3.05) is 20.4 Å². The van der Waals surface area contributed by atoms with Gasteiger partial charge in [0.25, 0.3) is 0 Å². The molecule has 10 heterocycles. The monoisotopic (exact) mass is 1380 g/mol. The van der Waals surface area contributed by atoms with Gasteiger partial charge in [0.15, 0.2) is 40.7 Å². The summed E-state index contributed by atoms with van der Waals surface area (Å²) < 4.78 is 31.2. The summed E-state index contributed by atoms with van der Waals surface area (Å²) in [6.07, 6.45) is 20.2. The summed E-state index contributed by atoms with van der Waals surface area (Å²) in [7, 11) is 2.75. The molecule has 0 atom stereocenters. The molecule has 84 heavy (non-hydrogen) atoms. The number of aldehydes is 1. The summed E-state index contributed by atoms with van der Waals surface area (Å²) in [5.74, 6) is 4.80. The molecule has 2 radical (unpaired) electrons. The average Bonchev–Trinajstić information content (AvgIpc) is 4.12. The van der Waals surface area contributed by atoms with Crippen LogP contribution in [0.4, 0.5) is 4.39 Å². The third-order valence-corrected chi connectivity index (χ3v) is 12.5. The zero-order valence-corrected chi connectivity index (χ0v) is 52.8. The molecule has 9 aromatic heterocycles. The van der Waals surface area contributed by atoms with Gasteiger partial charge in [0.1, 0.15) is 17.5 Å². The maximum Gasteiger partial charge on any atom is 0.177 e. The first-order valence-corrected chi connectivity index (χ1v) is 26.4. The summed E-state index contributed by atoms with van der Waals surface area (Å²) in [6, 6.07) is 29.8. The quantitative estimate of drug-likeness (QED) is 0.0911. The van der Waals surface area contributed by atoms with Gasteiger partial charge in [0.05, 0.1) is 66.5 Å². The largest absolute Gasteiger partial charge is 1.00 e. The van der Waals surface area contributed by atoms with Crippen molar-refractivity contribution < 1.29 is 58.8 Å². The predicted molar refractivity (Wildman–Crippen MR) is 318 cm³/mol. The number of halogens is 2. The number of imidazole rings is 3. The Labute approximate surface area is 521 Å². The predicted octanol–water partition coefficient (Wildman–Crippen LogP) is 7.15. The Morgan fingerprint density at radius 3 is 1.40 bits per heavy atom. The minimum absolute atomic E-state index is 0. The number of H-pyrrole nitrogens is 3. The number of alkyl halides is 1. The first-order valence-electron chi connectivity index (χ1n) is 27.6. The summed E-state index contributed by atoms with van der Waals surface area (Å²) in [5, 5.41) is 13.4. The number of nitrogens with one attached hydrogen (secondary N) is 3. The third kappa shape index (κ3) is 17.6. The molecule has 0 aliphatic carbocycles. The van der Waals surface area contributed by atoms with E-state index in [0.29, 0.717) is 11.5 Å². The van der Waals surface area contributed by atoms with Crippen LogP contribution >= 0.6 is 0 Å². The van der Waals surface area contributed by atoms with Crippen LogP contribution in [-0.4, -0.2) is 125 Å². The number of hydrogen-bond donors (Lipinski definition) is 3. The van der Waals surface area contributed by atoms with Crippen molar-refractivity contribution in [3.63, 3.8) is 0 Å². The van der Waals surface area contributed by atoms with E-state index in [-0.39, 0.29) is 43.5 Å². The number of aromatic amines is 3. The van der Waals surface area contributed by atoms with Crippen LogP contribution in [0, 0.1) is 72.7 Å². The van der Waals surface area contributed by atoms with Gasteiger partial charge < -0.3 is 32.1 Å². The summed E-state index contributed by atoms with van der Waals surface area (Å²) in [4.78, 5) is 59.3. The number of nitrogens with zero attached hydrogens (tertiary/aromatic N) is 15. The van der Waals surface area contributed by atoms with Crippen molar-refractivity contribution in [2.45, 2.75) is 80.6 Å². The van der Waals surface area contributed by atoms with Gasteiger partial charge in [-0.05, 0) is 74.3 Å². The van der Waals surface area contributed by atoms with Crippen LogP contribution in [-0.2, 0) is 24.0 Å². The molecule has 0 saturated carbocycles. The van der Waals surface area contributed by atoms with E-state index in [1.807, 2.05) is 184 Å². The molecule has 1 aliphatic rings. The van der Waals surface area contributed by atoms with E-state index in [1.165, 1.54) is 19.0 Å². The molecule has 1 fully saturated rings. The van der Waals surface area contributed by atoms with Crippen molar-refractivity contribution in [2.24, 2.45) is 0 Å². The Morgan fingerprint density at radius 1 is 0.560 bits per heavy atom. The average molecular weight is 1380 g/mol. The molecule has 12 aromatic rings. The molecule has 13 rings (SSSR count). The van der Waals surface area contributed by atoms with Crippen LogP contribution in [0.3, 0.4) is 0 Å². The number of aromatic nitrogens is 18. The minimum Gasteiger partial charge on any atom is -1.00 e. The van der Waals surface area contributed by atoms with E-state index >= 15 is 0 Å². The summed E-state index contributed by atoms with van der Waals surface area (Å²) in [6.45, 7) is 15.8. The van der Waals surface area contributed by atoms with Gasteiger partial charge >= 0.3 is 0 Å². The van der Waals surface area contributed by atoms with Crippen molar-refractivity contribution >= 4 is 43.8 Å². The van der Waals surface area contributed by atoms with Gasteiger partial charge in [-0.3, -0.25) is 24.1 Å². The fourth-order valence-corrected chi connectivity index (χ4v) is 8.16. The summed E-state index contributed by atoms with van der Waals surface area (Å²) >= 11 is 0. The first-order chi connectivity index (χ1) is 40.9. The van der Waals surface area contributed by atoms with E-state index in [4.69, 9.17) is 7.44 Å². The van der Waals surface area contributed by atoms with E-state index in [2.05, 4.69) is 83.5 Å². The van der Waals surface area contributed by atoms with Crippen LogP contribution in [0.1, 0.15) is 94.6 Å². The Bertz CT molecular complexity index is 3860. The number of carbonyl (C=O) groups is 1. The van der Waals surface area contributed by atoms with Gasteiger partial charge in [0, 0.05) is 113 Å². The topological polar surface area (TPSA) is 242 Å². The van der Waals surface area contributed by atoms with Crippen LogP contribution in [0.25, 0.3) is 63.3 Å². The number of carbonyl (C=O) groups excluding carboxylic acids is 1. The van der Waals surface area contributed by atoms with Crippen molar-refractivity contribution in [3.8, 4) is 34.2 Å². The van der Waals surface area contributed by atoms with E-state index < -0.39 is 7.15 Å². The third-order valence-electron chi connectivity index (χ3n) is 12.5. The number of ether oxygens (including phenoxy) is 1. The maximum atomic E-state index is 10.4. The molecule has 0 unspecified atom stereocenters. The molecular weight excluding hydrogens is 1310 g/mol. The van der Waals surface area contributed by atoms with Gasteiger partial charge in [0.2, 0.25) is 0 Å². The Morgan fingerprint density at radius 2 is 0.976 bits per heavy atom. The van der Waals surface area contributed by atoms with E-state index in [9.17, 15) is 9.18 Å². The van der Waals surface area contributed by atoms with Crippen LogP contribution in [0.5, 0.6) is 0 Å². The maximum absolute atomic E-state index is 10.4. The molecule has 3 aromatic carbocycles. The molecule has 24 heteroatoms. The molecule has 0 bridgehead atoms. The number of rotatable bonds is 10. The summed E-state index contributed by atoms with van der Waals surface area (Å²) in [5.41, 5.74) is 13.7. The molecule has 1 saturated heterocycles. The second kappa shape index (κ2) is 33.1. The van der Waals surface area contributed by atoms with E-state index in [0.717, 1.165) is 147 Å². The fraction of sp³-hybridized carbons (Fsp3) is 0.250. The molecule has 20 nitrogen and oxygen atoms in total. The molecule has 430 valence electrons. The van der Waals surface area contributed by atoms with Crippen LogP contribution in [0.2, 0.25) is 0 Å². The smallest absolute Gasteiger partial charge is 0.177 e. The van der Waals surface area contributed by atoms with E-state index in [1.54, 1.807) is 12.4 Å². The van der Waals surface area contributed by atoms with Gasteiger partial charge in [-0.25, -0.2) is 43.5 Å². The van der Waals surface area contributed by atoms with Gasteiger partial charge in [-0.2, -0.15) is 10.2 Å². The minimum atomic E-state index is -1.00. The second-order valence-electron chi connectivity index (χ2n) is 18.5. The Balaban J connectivity index is 0.000000203. The van der Waals surface area contributed by atoms with Crippen molar-refractivity contribution in [1.29, 1.82) is 1.34 Å². The van der Waals surface area contributed by atoms with Crippen LogP contribution < -0.4 is 12.4 Å². The first kappa shape index (κ1) is 63.2. The molecule has 0 amide bonds. The zero-order valence-electron chi connectivity index (χ0n) is 49.9. The number of hydrogen-bond acceptors (Lipinski definition) is 14.